The van der Waals surface area contributed by atoms with Crippen molar-refractivity contribution in [3.8, 4) is 6.07 Å². The summed E-state index contributed by atoms with van der Waals surface area (Å²) in [5.41, 5.74) is 5.41. The van der Waals surface area contributed by atoms with Crippen molar-refractivity contribution in [2.24, 2.45) is 0 Å². The summed E-state index contributed by atoms with van der Waals surface area (Å²) < 4.78 is 27.4. The van der Waals surface area contributed by atoms with Crippen molar-refractivity contribution in [3.05, 3.63) is 87.4 Å². The number of benzene rings is 3. The number of anilines is 1. The van der Waals surface area contributed by atoms with Gasteiger partial charge in [-0.15, -0.1) is 0 Å². The predicted octanol–water partition coefficient (Wildman–Crippen LogP) is 4.73. The normalized spacial score (nSPS) is 14.2. The molecule has 0 amide bonds. The van der Waals surface area contributed by atoms with Crippen LogP contribution in [0.15, 0.2) is 64.4 Å². The van der Waals surface area contributed by atoms with E-state index in [0.717, 1.165) is 48.3 Å². The molecule has 0 saturated heterocycles. The van der Waals surface area contributed by atoms with E-state index in [2.05, 4.69) is 18.0 Å². The number of rotatable bonds is 5. The topological polar surface area (TPSA) is 64.4 Å². The van der Waals surface area contributed by atoms with Crippen LogP contribution >= 0.6 is 11.6 Å². The molecule has 0 aromatic heterocycles. The lowest BCUT2D eigenvalue weighted by atomic mass is 10.0. The highest BCUT2D eigenvalue weighted by atomic mass is 35.5. The molecule has 176 valence electrons. The first kappa shape index (κ1) is 24.3. The first-order valence-electron chi connectivity index (χ1n) is 11.2. The van der Waals surface area contributed by atoms with Crippen LogP contribution in [-0.2, 0) is 29.1 Å². The van der Waals surface area contributed by atoms with Gasteiger partial charge in [0.05, 0.1) is 27.1 Å². The van der Waals surface area contributed by atoms with E-state index >= 15 is 0 Å². The van der Waals surface area contributed by atoms with E-state index in [1.807, 2.05) is 49.3 Å². The van der Waals surface area contributed by atoms with E-state index < -0.39 is 9.84 Å². The van der Waals surface area contributed by atoms with Gasteiger partial charge in [-0.05, 0) is 85.0 Å². The maximum absolute atomic E-state index is 13.7. The Balaban J connectivity index is 1.66. The van der Waals surface area contributed by atoms with Gasteiger partial charge in [0.25, 0.3) is 0 Å². The van der Waals surface area contributed by atoms with Gasteiger partial charge in [0, 0.05) is 32.2 Å². The van der Waals surface area contributed by atoms with Crippen LogP contribution in [0, 0.1) is 11.3 Å². The number of halogens is 1. The quantitative estimate of drug-likeness (QED) is 0.514. The number of fused-ring (bicyclic) bond motifs is 1. The van der Waals surface area contributed by atoms with Crippen LogP contribution in [-0.4, -0.2) is 47.6 Å². The number of likely N-dealkylation sites (N-methyl/N-ethyl adjacent to an activating group) is 1. The largest absolute Gasteiger partial charge is 0.377 e. The number of sulfone groups is 1. The Morgan fingerprint density at radius 1 is 1.00 bits per heavy atom. The highest BCUT2D eigenvalue weighted by Gasteiger charge is 2.25. The monoisotopic (exact) mass is 493 g/mol. The lowest BCUT2D eigenvalue weighted by Gasteiger charge is -2.21. The Kier molecular flexibility index (Phi) is 6.99. The van der Waals surface area contributed by atoms with Crippen molar-refractivity contribution >= 4 is 27.1 Å². The van der Waals surface area contributed by atoms with Crippen LogP contribution in [0.25, 0.3) is 0 Å². The summed E-state index contributed by atoms with van der Waals surface area (Å²) in [5, 5.41) is 9.55. The molecule has 0 saturated carbocycles. The second-order valence-electron chi connectivity index (χ2n) is 9.03. The molecular weight excluding hydrogens is 466 g/mol. The highest BCUT2D eigenvalue weighted by Crippen LogP contribution is 2.34. The van der Waals surface area contributed by atoms with Gasteiger partial charge in [0.2, 0.25) is 9.84 Å². The molecule has 34 heavy (non-hydrogen) atoms. The smallest absolute Gasteiger partial charge is 0.208 e. The van der Waals surface area contributed by atoms with E-state index in [4.69, 9.17) is 16.9 Å². The number of nitrogens with zero attached hydrogens (tertiary/aromatic N) is 3. The van der Waals surface area contributed by atoms with Crippen LogP contribution in [0.2, 0.25) is 5.02 Å². The van der Waals surface area contributed by atoms with Gasteiger partial charge in [-0.3, -0.25) is 0 Å². The molecule has 1 heterocycles. The molecule has 1 aliphatic heterocycles. The van der Waals surface area contributed by atoms with Gasteiger partial charge in [0.15, 0.2) is 0 Å². The number of hydrogen-bond donors (Lipinski definition) is 0. The zero-order valence-corrected chi connectivity index (χ0v) is 21.2. The molecule has 7 heteroatoms. The molecule has 0 atom stereocenters. The molecule has 0 unspecified atom stereocenters. The molecule has 0 N–H and O–H groups in total. The fraction of sp³-hybridized carbons (Fsp3) is 0.296. The summed E-state index contributed by atoms with van der Waals surface area (Å²) in [4.78, 5) is 4.78. The van der Waals surface area contributed by atoms with Crippen LogP contribution < -0.4 is 4.90 Å². The standard InChI is InChI=1S/C27H28ClN3O2S/c1-30(2)26-16-21-10-12-31(3)13-11-22(21)17-27(26)34(32,33)24-8-5-19(6-9-24)14-23-7-4-20(18-29)15-25(23)28/h4-9,15-17H,10-14H2,1-3H3. The highest BCUT2D eigenvalue weighted by molar-refractivity contribution is 7.91. The van der Waals surface area contributed by atoms with Crippen molar-refractivity contribution in [2.45, 2.75) is 29.1 Å². The molecule has 0 fully saturated rings. The predicted molar refractivity (Wildman–Crippen MR) is 137 cm³/mol. The Morgan fingerprint density at radius 2 is 1.65 bits per heavy atom. The molecule has 3 aromatic rings. The van der Waals surface area contributed by atoms with Crippen molar-refractivity contribution in [2.75, 3.05) is 39.1 Å². The van der Waals surface area contributed by atoms with Gasteiger partial charge < -0.3 is 9.80 Å². The molecule has 5 nitrogen and oxygen atoms in total. The molecular formula is C27H28ClN3O2S. The summed E-state index contributed by atoms with van der Waals surface area (Å²) in [6.45, 7) is 1.89. The average Bonchev–Trinajstić information content (AvgIpc) is 3.01. The van der Waals surface area contributed by atoms with Crippen LogP contribution in [0.5, 0.6) is 0 Å². The summed E-state index contributed by atoms with van der Waals surface area (Å²) >= 11 is 6.31. The van der Waals surface area contributed by atoms with E-state index in [0.29, 0.717) is 21.9 Å². The van der Waals surface area contributed by atoms with Crippen molar-refractivity contribution in [3.63, 3.8) is 0 Å². The van der Waals surface area contributed by atoms with Crippen molar-refractivity contribution in [1.82, 2.24) is 4.90 Å². The van der Waals surface area contributed by atoms with Crippen molar-refractivity contribution < 1.29 is 8.42 Å². The summed E-state index contributed by atoms with van der Waals surface area (Å²) in [5.74, 6) is 0. The first-order valence-corrected chi connectivity index (χ1v) is 13.1. The van der Waals surface area contributed by atoms with E-state index in [-0.39, 0.29) is 4.90 Å². The Labute approximate surface area is 207 Å². The minimum Gasteiger partial charge on any atom is -0.377 e. The lowest BCUT2D eigenvalue weighted by Crippen LogP contribution is -2.20. The maximum atomic E-state index is 13.7. The van der Waals surface area contributed by atoms with Gasteiger partial charge in [0.1, 0.15) is 0 Å². The van der Waals surface area contributed by atoms with Crippen LogP contribution in [0.4, 0.5) is 5.69 Å². The summed E-state index contributed by atoms with van der Waals surface area (Å²) in [7, 11) is 2.17. The van der Waals surface area contributed by atoms with Gasteiger partial charge in [-0.2, -0.15) is 5.26 Å². The fourth-order valence-electron chi connectivity index (χ4n) is 4.31. The van der Waals surface area contributed by atoms with E-state index in [1.54, 1.807) is 24.3 Å². The molecule has 0 radical (unpaired) electrons. The van der Waals surface area contributed by atoms with Crippen molar-refractivity contribution in [1.29, 1.82) is 5.26 Å². The molecule has 0 aliphatic carbocycles. The second-order valence-corrected chi connectivity index (χ2v) is 11.4. The van der Waals surface area contributed by atoms with Gasteiger partial charge in [-0.25, -0.2) is 8.42 Å². The summed E-state index contributed by atoms with van der Waals surface area (Å²) in [6, 6.07) is 18.2. The minimum absolute atomic E-state index is 0.274. The van der Waals surface area contributed by atoms with E-state index in [9.17, 15) is 8.42 Å². The zero-order chi connectivity index (χ0) is 24.5. The van der Waals surface area contributed by atoms with E-state index in [1.165, 1.54) is 5.56 Å². The van der Waals surface area contributed by atoms with Crippen LogP contribution in [0.1, 0.15) is 27.8 Å². The molecule has 0 bridgehead atoms. The Bertz CT molecular complexity index is 1360. The molecule has 1 aliphatic rings. The van der Waals surface area contributed by atoms with Gasteiger partial charge >= 0.3 is 0 Å². The Hall–Kier alpha value is -2.85. The third-order valence-corrected chi connectivity index (χ3v) is 8.54. The fourth-order valence-corrected chi connectivity index (χ4v) is 6.12. The molecule has 3 aromatic carbocycles. The molecule has 0 spiro atoms. The SMILES string of the molecule is CN1CCc2cc(N(C)C)c(S(=O)(=O)c3ccc(Cc4ccc(C#N)cc4Cl)cc3)cc2CC1. The number of nitriles is 1. The van der Waals surface area contributed by atoms with Gasteiger partial charge in [-0.1, -0.05) is 29.8 Å². The minimum atomic E-state index is -3.70. The maximum Gasteiger partial charge on any atom is 0.208 e. The first-order chi connectivity index (χ1) is 16.2. The summed E-state index contributed by atoms with van der Waals surface area (Å²) in [6.07, 6.45) is 2.31. The Morgan fingerprint density at radius 3 is 2.24 bits per heavy atom. The number of hydrogen-bond acceptors (Lipinski definition) is 5. The lowest BCUT2D eigenvalue weighted by molar-refractivity contribution is 0.352. The zero-order valence-electron chi connectivity index (χ0n) is 19.7. The van der Waals surface area contributed by atoms with Crippen LogP contribution in [0.3, 0.4) is 0 Å². The third-order valence-electron chi connectivity index (χ3n) is 6.39. The third kappa shape index (κ3) is 4.97. The molecule has 4 rings (SSSR count). The second kappa shape index (κ2) is 9.79. The average molecular weight is 494 g/mol.